The topological polar surface area (TPSA) is 72.2 Å². The Labute approximate surface area is 123 Å². The molecule has 106 valence electrons. The van der Waals surface area contributed by atoms with Crippen LogP contribution in [0.5, 0.6) is 0 Å². The van der Waals surface area contributed by atoms with Crippen molar-refractivity contribution in [2.24, 2.45) is 5.73 Å². The third-order valence-corrected chi connectivity index (χ3v) is 5.00. The van der Waals surface area contributed by atoms with Crippen molar-refractivity contribution in [1.82, 2.24) is 0 Å². The van der Waals surface area contributed by atoms with Crippen LogP contribution in [0.25, 0.3) is 0 Å². The molecule has 0 radical (unpaired) electrons. The molecule has 0 saturated carbocycles. The van der Waals surface area contributed by atoms with E-state index in [9.17, 15) is 8.42 Å². The zero-order chi connectivity index (χ0) is 14.6. The Kier molecular flexibility index (Phi) is 4.69. The fraction of sp³-hybridized carbons (Fsp3) is 0.143. The van der Waals surface area contributed by atoms with E-state index in [2.05, 4.69) is 4.72 Å². The van der Waals surface area contributed by atoms with E-state index in [-0.39, 0.29) is 4.90 Å². The Bertz CT molecular complexity index is 683. The summed E-state index contributed by atoms with van der Waals surface area (Å²) in [5, 5.41) is 0. The second kappa shape index (κ2) is 6.30. The lowest BCUT2D eigenvalue weighted by molar-refractivity contribution is 0.601. The predicted molar refractivity (Wildman–Crippen MR) is 83.4 cm³/mol. The third-order valence-electron chi connectivity index (χ3n) is 2.82. The van der Waals surface area contributed by atoms with Crippen LogP contribution in [0, 0.1) is 0 Å². The van der Waals surface area contributed by atoms with Gasteiger partial charge in [0.1, 0.15) is 0 Å². The molecule has 0 aliphatic carbocycles. The number of thioether (sulfide) groups is 1. The lowest BCUT2D eigenvalue weighted by Crippen LogP contribution is -2.13. The van der Waals surface area contributed by atoms with Crippen molar-refractivity contribution in [2.45, 2.75) is 16.3 Å². The van der Waals surface area contributed by atoms with E-state index in [1.165, 1.54) is 11.8 Å². The smallest absolute Gasteiger partial charge is 0.261 e. The van der Waals surface area contributed by atoms with Crippen LogP contribution in [0.2, 0.25) is 0 Å². The Morgan fingerprint density at radius 3 is 2.35 bits per heavy atom. The van der Waals surface area contributed by atoms with Crippen molar-refractivity contribution >= 4 is 27.5 Å². The SMILES string of the molecule is CSc1ccccc1NS(=O)(=O)c1ccc(CN)cc1. The molecule has 0 unspecified atom stereocenters. The monoisotopic (exact) mass is 308 g/mol. The molecular formula is C14H16N2O2S2. The highest BCUT2D eigenvalue weighted by atomic mass is 32.2. The van der Waals surface area contributed by atoms with Crippen LogP contribution in [-0.4, -0.2) is 14.7 Å². The highest BCUT2D eigenvalue weighted by Crippen LogP contribution is 2.27. The first-order chi connectivity index (χ1) is 9.56. The number of sulfonamides is 1. The first-order valence-corrected chi connectivity index (χ1v) is 8.72. The van der Waals surface area contributed by atoms with Crippen LogP contribution in [-0.2, 0) is 16.6 Å². The van der Waals surface area contributed by atoms with E-state index in [1.54, 1.807) is 36.4 Å². The Morgan fingerprint density at radius 1 is 1.10 bits per heavy atom. The summed E-state index contributed by atoms with van der Waals surface area (Å²) < 4.78 is 27.2. The number of nitrogens with one attached hydrogen (secondary N) is 1. The normalized spacial score (nSPS) is 11.3. The fourth-order valence-electron chi connectivity index (χ4n) is 1.74. The molecule has 2 rings (SSSR count). The van der Waals surface area contributed by atoms with Gasteiger partial charge in [-0.2, -0.15) is 0 Å². The maximum atomic E-state index is 12.3. The van der Waals surface area contributed by atoms with E-state index < -0.39 is 10.0 Å². The number of benzene rings is 2. The molecule has 0 saturated heterocycles. The van der Waals surface area contributed by atoms with Gasteiger partial charge in [0, 0.05) is 11.4 Å². The number of anilines is 1. The number of hydrogen-bond donors (Lipinski definition) is 2. The van der Waals surface area contributed by atoms with Crippen LogP contribution in [0.15, 0.2) is 58.3 Å². The van der Waals surface area contributed by atoms with Gasteiger partial charge in [-0.05, 0) is 36.1 Å². The van der Waals surface area contributed by atoms with Crippen molar-refractivity contribution in [3.8, 4) is 0 Å². The summed E-state index contributed by atoms with van der Waals surface area (Å²) in [7, 11) is -3.58. The zero-order valence-corrected chi connectivity index (χ0v) is 12.7. The first kappa shape index (κ1) is 14.9. The van der Waals surface area contributed by atoms with Crippen LogP contribution in [0.1, 0.15) is 5.56 Å². The molecule has 0 bridgehead atoms. The Hall–Kier alpha value is -1.50. The number of rotatable bonds is 5. The van der Waals surface area contributed by atoms with Gasteiger partial charge >= 0.3 is 0 Å². The molecule has 0 aliphatic rings. The number of para-hydroxylation sites is 1. The number of hydrogen-bond acceptors (Lipinski definition) is 4. The van der Waals surface area contributed by atoms with Crippen molar-refractivity contribution < 1.29 is 8.42 Å². The van der Waals surface area contributed by atoms with Crippen molar-refractivity contribution in [1.29, 1.82) is 0 Å². The van der Waals surface area contributed by atoms with E-state index in [0.29, 0.717) is 12.2 Å². The van der Waals surface area contributed by atoms with Crippen molar-refractivity contribution in [3.05, 3.63) is 54.1 Å². The molecule has 0 amide bonds. The predicted octanol–water partition coefficient (Wildman–Crippen LogP) is 2.67. The highest BCUT2D eigenvalue weighted by Gasteiger charge is 2.15. The number of nitrogens with two attached hydrogens (primary N) is 1. The minimum atomic E-state index is -3.58. The van der Waals surface area contributed by atoms with Gasteiger partial charge in [0.05, 0.1) is 10.6 Å². The molecule has 0 fully saturated rings. The summed E-state index contributed by atoms with van der Waals surface area (Å²) in [5.41, 5.74) is 6.99. The summed E-state index contributed by atoms with van der Waals surface area (Å²) in [6, 6.07) is 13.9. The van der Waals surface area contributed by atoms with Gasteiger partial charge in [-0.1, -0.05) is 24.3 Å². The van der Waals surface area contributed by atoms with Gasteiger partial charge in [-0.25, -0.2) is 8.42 Å². The van der Waals surface area contributed by atoms with Gasteiger partial charge in [-0.3, -0.25) is 4.72 Å². The zero-order valence-electron chi connectivity index (χ0n) is 11.0. The van der Waals surface area contributed by atoms with Crippen LogP contribution in [0.3, 0.4) is 0 Å². The van der Waals surface area contributed by atoms with Crippen LogP contribution < -0.4 is 10.5 Å². The van der Waals surface area contributed by atoms with E-state index in [1.807, 2.05) is 18.4 Å². The average molecular weight is 308 g/mol. The molecule has 0 atom stereocenters. The van der Waals surface area contributed by atoms with Gasteiger partial charge < -0.3 is 5.73 Å². The lowest BCUT2D eigenvalue weighted by Gasteiger charge is -2.11. The van der Waals surface area contributed by atoms with Gasteiger partial charge in [0.2, 0.25) is 0 Å². The maximum absolute atomic E-state index is 12.3. The molecular weight excluding hydrogens is 292 g/mol. The molecule has 3 N–H and O–H groups in total. The first-order valence-electron chi connectivity index (χ1n) is 6.01. The van der Waals surface area contributed by atoms with Crippen LogP contribution in [0.4, 0.5) is 5.69 Å². The molecule has 20 heavy (non-hydrogen) atoms. The highest BCUT2D eigenvalue weighted by molar-refractivity contribution is 7.99. The van der Waals surface area contributed by atoms with E-state index in [0.717, 1.165) is 10.5 Å². The molecule has 2 aromatic carbocycles. The molecule has 2 aromatic rings. The second-order valence-corrected chi connectivity index (χ2v) is 6.68. The molecule has 4 nitrogen and oxygen atoms in total. The molecule has 0 aromatic heterocycles. The standard InChI is InChI=1S/C14H16N2O2S2/c1-19-14-5-3-2-4-13(14)16-20(17,18)12-8-6-11(10-15)7-9-12/h2-9,16H,10,15H2,1H3. The quantitative estimate of drug-likeness (QED) is 0.833. The molecule has 0 heterocycles. The summed E-state index contributed by atoms with van der Waals surface area (Å²) in [5.74, 6) is 0. The third kappa shape index (κ3) is 3.33. The maximum Gasteiger partial charge on any atom is 0.261 e. The summed E-state index contributed by atoms with van der Waals surface area (Å²) in [6.45, 7) is 0.392. The summed E-state index contributed by atoms with van der Waals surface area (Å²) >= 11 is 1.49. The summed E-state index contributed by atoms with van der Waals surface area (Å²) in [4.78, 5) is 1.11. The Morgan fingerprint density at radius 2 is 1.75 bits per heavy atom. The average Bonchev–Trinajstić information content (AvgIpc) is 2.47. The lowest BCUT2D eigenvalue weighted by atomic mass is 10.2. The Balaban J connectivity index is 2.30. The molecule has 0 spiro atoms. The molecule has 0 aliphatic heterocycles. The van der Waals surface area contributed by atoms with E-state index >= 15 is 0 Å². The largest absolute Gasteiger partial charge is 0.326 e. The summed E-state index contributed by atoms with van der Waals surface area (Å²) in [6.07, 6.45) is 1.91. The second-order valence-electron chi connectivity index (χ2n) is 4.15. The minimum Gasteiger partial charge on any atom is -0.326 e. The van der Waals surface area contributed by atoms with Gasteiger partial charge in [0.15, 0.2) is 0 Å². The van der Waals surface area contributed by atoms with Crippen molar-refractivity contribution in [3.63, 3.8) is 0 Å². The van der Waals surface area contributed by atoms with Crippen molar-refractivity contribution in [2.75, 3.05) is 11.0 Å². The molecule has 6 heteroatoms. The fourth-order valence-corrected chi connectivity index (χ4v) is 3.44. The van der Waals surface area contributed by atoms with Crippen LogP contribution >= 0.6 is 11.8 Å². The van der Waals surface area contributed by atoms with Gasteiger partial charge in [-0.15, -0.1) is 11.8 Å². The van der Waals surface area contributed by atoms with E-state index in [4.69, 9.17) is 5.73 Å². The minimum absolute atomic E-state index is 0.227. The van der Waals surface area contributed by atoms with Gasteiger partial charge in [0.25, 0.3) is 10.0 Å².